The average Bonchev–Trinajstić information content (AvgIpc) is 2.64. The molecule has 1 rings (SSSR count). The fourth-order valence-corrected chi connectivity index (χ4v) is 2.45. The standard InChI is InChI=1S/C10H18N2O3S/c1-8(7-9(13)15-2)16-6-5-12-4-3-11-10(12)14/h8H,3-7H2,1-2H3,(H,11,14). The Morgan fingerprint density at radius 2 is 2.44 bits per heavy atom. The van der Waals surface area contributed by atoms with Gasteiger partial charge in [0.25, 0.3) is 0 Å². The summed E-state index contributed by atoms with van der Waals surface area (Å²) in [6, 6.07) is 0.0150. The van der Waals surface area contributed by atoms with E-state index in [0.717, 1.165) is 25.4 Å². The van der Waals surface area contributed by atoms with Crippen LogP contribution in [-0.2, 0) is 9.53 Å². The molecule has 1 heterocycles. The van der Waals surface area contributed by atoms with Crippen LogP contribution in [-0.4, -0.2) is 54.6 Å². The minimum absolute atomic E-state index is 0.0150. The lowest BCUT2D eigenvalue weighted by atomic mass is 10.3. The Bertz CT molecular complexity index is 260. The SMILES string of the molecule is COC(=O)CC(C)SCCN1CCNC1=O. The smallest absolute Gasteiger partial charge is 0.317 e. The van der Waals surface area contributed by atoms with Crippen LogP contribution < -0.4 is 5.32 Å². The second-order valence-corrected chi connectivity index (χ2v) is 5.23. The van der Waals surface area contributed by atoms with Gasteiger partial charge in [-0.3, -0.25) is 4.79 Å². The van der Waals surface area contributed by atoms with Crippen LogP contribution in [0.2, 0.25) is 0 Å². The molecule has 0 aliphatic carbocycles. The summed E-state index contributed by atoms with van der Waals surface area (Å²) in [7, 11) is 1.40. The Hall–Kier alpha value is -0.910. The molecule has 5 nitrogen and oxygen atoms in total. The number of methoxy groups -OCH3 is 1. The molecule has 1 aliphatic rings. The molecular formula is C10H18N2O3S. The van der Waals surface area contributed by atoms with E-state index < -0.39 is 0 Å². The number of ether oxygens (including phenoxy) is 1. The second kappa shape index (κ2) is 6.62. The number of amides is 2. The van der Waals surface area contributed by atoms with Gasteiger partial charge in [0.05, 0.1) is 13.5 Å². The molecule has 1 aliphatic heterocycles. The fourth-order valence-electron chi connectivity index (χ4n) is 1.47. The van der Waals surface area contributed by atoms with E-state index in [1.165, 1.54) is 7.11 Å². The number of carbonyl (C=O) groups excluding carboxylic acids is 2. The number of thioether (sulfide) groups is 1. The molecule has 0 aromatic heterocycles. The molecule has 0 aromatic carbocycles. The van der Waals surface area contributed by atoms with E-state index in [1.807, 2.05) is 6.92 Å². The van der Waals surface area contributed by atoms with Crippen LogP contribution in [0.25, 0.3) is 0 Å². The Balaban J connectivity index is 2.10. The highest BCUT2D eigenvalue weighted by Crippen LogP contribution is 2.15. The van der Waals surface area contributed by atoms with Crippen LogP contribution in [0.15, 0.2) is 0 Å². The lowest BCUT2D eigenvalue weighted by molar-refractivity contribution is -0.140. The van der Waals surface area contributed by atoms with Gasteiger partial charge in [-0.25, -0.2) is 4.79 Å². The highest BCUT2D eigenvalue weighted by molar-refractivity contribution is 7.99. The zero-order valence-electron chi connectivity index (χ0n) is 9.69. The molecule has 1 atom stereocenters. The Morgan fingerprint density at radius 3 is 3.00 bits per heavy atom. The number of esters is 1. The molecule has 6 heteroatoms. The number of urea groups is 1. The van der Waals surface area contributed by atoms with Crippen LogP contribution in [0.3, 0.4) is 0 Å². The zero-order chi connectivity index (χ0) is 12.0. The van der Waals surface area contributed by atoms with Gasteiger partial charge in [-0.15, -0.1) is 0 Å². The molecular weight excluding hydrogens is 228 g/mol. The van der Waals surface area contributed by atoms with Crippen molar-refractivity contribution in [2.24, 2.45) is 0 Å². The van der Waals surface area contributed by atoms with Gasteiger partial charge >= 0.3 is 12.0 Å². The first-order chi connectivity index (χ1) is 7.63. The highest BCUT2D eigenvalue weighted by atomic mass is 32.2. The molecule has 1 saturated heterocycles. The predicted octanol–water partition coefficient (Wildman–Crippen LogP) is 0.696. The van der Waals surface area contributed by atoms with Gasteiger partial charge < -0.3 is 15.0 Å². The molecule has 2 amide bonds. The van der Waals surface area contributed by atoms with E-state index in [1.54, 1.807) is 16.7 Å². The van der Waals surface area contributed by atoms with E-state index in [0.29, 0.717) is 6.42 Å². The molecule has 0 radical (unpaired) electrons. The Kier molecular flexibility index (Phi) is 5.45. The van der Waals surface area contributed by atoms with Crippen molar-refractivity contribution >= 4 is 23.8 Å². The Labute approximate surface area is 99.9 Å². The van der Waals surface area contributed by atoms with Gasteiger partial charge in [0.1, 0.15) is 0 Å². The molecule has 16 heavy (non-hydrogen) atoms. The third-order valence-electron chi connectivity index (χ3n) is 2.39. The van der Waals surface area contributed by atoms with Gasteiger partial charge in [0.2, 0.25) is 0 Å². The number of nitrogens with zero attached hydrogens (tertiary/aromatic N) is 1. The first-order valence-corrected chi connectivity index (χ1v) is 6.39. The number of rotatable bonds is 6. The second-order valence-electron chi connectivity index (χ2n) is 3.68. The Morgan fingerprint density at radius 1 is 1.69 bits per heavy atom. The van der Waals surface area contributed by atoms with Crippen molar-refractivity contribution in [2.75, 3.05) is 32.5 Å². The molecule has 1 N–H and O–H groups in total. The summed E-state index contributed by atoms with van der Waals surface area (Å²) in [5.74, 6) is 0.671. The van der Waals surface area contributed by atoms with Gasteiger partial charge in [0.15, 0.2) is 0 Å². The van der Waals surface area contributed by atoms with E-state index in [2.05, 4.69) is 10.1 Å². The third-order valence-corrected chi connectivity index (χ3v) is 3.54. The van der Waals surface area contributed by atoms with E-state index in [9.17, 15) is 9.59 Å². The van der Waals surface area contributed by atoms with E-state index >= 15 is 0 Å². The minimum Gasteiger partial charge on any atom is -0.469 e. The van der Waals surface area contributed by atoms with Crippen molar-refractivity contribution in [1.29, 1.82) is 0 Å². The van der Waals surface area contributed by atoms with Gasteiger partial charge in [-0.05, 0) is 0 Å². The van der Waals surface area contributed by atoms with Crippen molar-refractivity contribution in [2.45, 2.75) is 18.6 Å². The van der Waals surface area contributed by atoms with Gasteiger partial charge in [-0.2, -0.15) is 11.8 Å². The van der Waals surface area contributed by atoms with Crippen LogP contribution in [0, 0.1) is 0 Å². The molecule has 0 spiro atoms. The average molecular weight is 246 g/mol. The van der Waals surface area contributed by atoms with Crippen molar-refractivity contribution in [3.8, 4) is 0 Å². The molecule has 0 aromatic rings. The summed E-state index contributed by atoms with van der Waals surface area (Å²) in [6.07, 6.45) is 0.424. The van der Waals surface area contributed by atoms with Crippen molar-refractivity contribution in [3.05, 3.63) is 0 Å². The summed E-state index contributed by atoms with van der Waals surface area (Å²) in [5.41, 5.74) is 0. The maximum Gasteiger partial charge on any atom is 0.317 e. The predicted molar refractivity (Wildman–Crippen MR) is 63.5 cm³/mol. The quantitative estimate of drug-likeness (QED) is 0.701. The van der Waals surface area contributed by atoms with Crippen molar-refractivity contribution < 1.29 is 14.3 Å². The maximum atomic E-state index is 11.2. The van der Waals surface area contributed by atoms with Gasteiger partial charge in [-0.1, -0.05) is 6.92 Å². The summed E-state index contributed by atoms with van der Waals surface area (Å²) < 4.78 is 4.59. The maximum absolute atomic E-state index is 11.2. The largest absolute Gasteiger partial charge is 0.469 e. The number of hydrogen-bond acceptors (Lipinski definition) is 4. The van der Waals surface area contributed by atoms with E-state index in [-0.39, 0.29) is 17.3 Å². The summed E-state index contributed by atoms with van der Waals surface area (Å²) in [5, 5.41) is 2.99. The summed E-state index contributed by atoms with van der Waals surface area (Å²) >= 11 is 1.69. The van der Waals surface area contributed by atoms with Crippen LogP contribution in [0.5, 0.6) is 0 Å². The molecule has 1 unspecified atom stereocenters. The topological polar surface area (TPSA) is 58.6 Å². The summed E-state index contributed by atoms with van der Waals surface area (Å²) in [4.78, 5) is 24.0. The van der Waals surface area contributed by atoms with E-state index in [4.69, 9.17) is 0 Å². The number of carbonyl (C=O) groups is 2. The lowest BCUT2D eigenvalue weighted by Gasteiger charge is -2.15. The molecule has 92 valence electrons. The number of nitrogens with one attached hydrogen (secondary N) is 1. The normalized spacial score (nSPS) is 17.1. The number of hydrogen-bond donors (Lipinski definition) is 1. The van der Waals surface area contributed by atoms with Crippen molar-refractivity contribution in [1.82, 2.24) is 10.2 Å². The minimum atomic E-state index is -0.182. The van der Waals surface area contributed by atoms with Crippen LogP contribution in [0.1, 0.15) is 13.3 Å². The lowest BCUT2D eigenvalue weighted by Crippen LogP contribution is -2.30. The van der Waals surface area contributed by atoms with Crippen molar-refractivity contribution in [3.63, 3.8) is 0 Å². The summed E-state index contributed by atoms with van der Waals surface area (Å²) in [6.45, 7) is 4.25. The first-order valence-electron chi connectivity index (χ1n) is 5.34. The fraction of sp³-hybridized carbons (Fsp3) is 0.800. The molecule has 0 saturated carbocycles. The van der Waals surface area contributed by atoms with Gasteiger partial charge in [0, 0.05) is 30.6 Å². The zero-order valence-corrected chi connectivity index (χ0v) is 10.5. The highest BCUT2D eigenvalue weighted by Gasteiger charge is 2.19. The molecule has 0 bridgehead atoms. The first kappa shape index (κ1) is 13.2. The molecule has 1 fully saturated rings. The van der Waals surface area contributed by atoms with Crippen LogP contribution in [0.4, 0.5) is 4.79 Å². The van der Waals surface area contributed by atoms with Crippen LogP contribution >= 0.6 is 11.8 Å². The third kappa shape index (κ3) is 4.30. The monoisotopic (exact) mass is 246 g/mol.